The highest BCUT2D eigenvalue weighted by Crippen LogP contribution is 2.31. The van der Waals surface area contributed by atoms with E-state index in [4.69, 9.17) is 17.3 Å². The van der Waals surface area contributed by atoms with Crippen LogP contribution < -0.4 is 5.73 Å². The number of hydrogen-bond acceptors (Lipinski definition) is 3. The summed E-state index contributed by atoms with van der Waals surface area (Å²) in [6, 6.07) is 16.4. The fourth-order valence-corrected chi connectivity index (χ4v) is 4.10. The number of thioether (sulfide) groups is 1. The predicted octanol–water partition coefficient (Wildman–Crippen LogP) is 5.35. The summed E-state index contributed by atoms with van der Waals surface area (Å²) >= 11 is 9.41. The molecule has 1 aromatic heterocycles. The van der Waals surface area contributed by atoms with Crippen molar-refractivity contribution in [2.75, 3.05) is 5.75 Å². The van der Waals surface area contributed by atoms with Crippen LogP contribution in [-0.4, -0.2) is 5.75 Å². The summed E-state index contributed by atoms with van der Waals surface area (Å²) in [5.74, 6) is 0.860. The second-order valence-electron chi connectivity index (χ2n) is 4.56. The standard InChI is InChI=1S/C16H14ClNS2/c17-12-4-6-13(7-5-12)20-10-15(18)14-3-1-2-11-8-9-19-16(11)14/h1-9,15H,10,18H2. The van der Waals surface area contributed by atoms with Gasteiger partial charge in [0.2, 0.25) is 0 Å². The van der Waals surface area contributed by atoms with Crippen molar-refractivity contribution in [2.24, 2.45) is 5.73 Å². The minimum atomic E-state index is 0.0398. The molecule has 0 saturated heterocycles. The maximum atomic E-state index is 6.36. The van der Waals surface area contributed by atoms with Crippen LogP contribution in [0.15, 0.2) is 58.8 Å². The maximum Gasteiger partial charge on any atom is 0.0406 e. The van der Waals surface area contributed by atoms with Gasteiger partial charge in [0.1, 0.15) is 0 Å². The van der Waals surface area contributed by atoms with Gasteiger partial charge in [-0.25, -0.2) is 0 Å². The maximum absolute atomic E-state index is 6.36. The number of halogens is 1. The number of nitrogens with two attached hydrogens (primary N) is 1. The summed E-state index contributed by atoms with van der Waals surface area (Å²) in [7, 11) is 0. The third kappa shape index (κ3) is 3.01. The highest BCUT2D eigenvalue weighted by Gasteiger charge is 2.11. The van der Waals surface area contributed by atoms with Crippen molar-refractivity contribution in [3.63, 3.8) is 0 Å². The Morgan fingerprint density at radius 2 is 1.90 bits per heavy atom. The van der Waals surface area contributed by atoms with Gasteiger partial charge in [-0.3, -0.25) is 0 Å². The molecule has 2 N–H and O–H groups in total. The normalized spacial score (nSPS) is 12.7. The first-order valence-electron chi connectivity index (χ1n) is 6.34. The van der Waals surface area contributed by atoms with Gasteiger partial charge in [0.25, 0.3) is 0 Å². The van der Waals surface area contributed by atoms with E-state index in [-0.39, 0.29) is 6.04 Å². The summed E-state index contributed by atoms with van der Waals surface area (Å²) in [6.07, 6.45) is 0. The molecule has 4 heteroatoms. The third-order valence-electron chi connectivity index (χ3n) is 3.15. The summed E-state index contributed by atoms with van der Waals surface area (Å²) in [4.78, 5) is 1.20. The molecule has 1 atom stereocenters. The zero-order chi connectivity index (χ0) is 13.9. The van der Waals surface area contributed by atoms with Gasteiger partial charge in [-0.15, -0.1) is 23.1 Å². The molecule has 0 bridgehead atoms. The lowest BCUT2D eigenvalue weighted by Crippen LogP contribution is -2.12. The Kier molecular flexibility index (Phi) is 4.32. The molecule has 0 radical (unpaired) electrons. The number of hydrogen-bond donors (Lipinski definition) is 1. The molecule has 0 aliphatic carbocycles. The van der Waals surface area contributed by atoms with Gasteiger partial charge in [0, 0.05) is 26.4 Å². The second-order valence-corrected chi connectivity index (χ2v) is 7.00. The van der Waals surface area contributed by atoms with Gasteiger partial charge in [0.15, 0.2) is 0 Å². The number of thiophene rings is 1. The number of rotatable bonds is 4. The van der Waals surface area contributed by atoms with Crippen molar-refractivity contribution in [3.8, 4) is 0 Å². The monoisotopic (exact) mass is 319 g/mol. The topological polar surface area (TPSA) is 26.0 Å². The van der Waals surface area contributed by atoms with E-state index in [1.54, 1.807) is 23.1 Å². The fraction of sp³-hybridized carbons (Fsp3) is 0.125. The van der Waals surface area contributed by atoms with Crippen LogP contribution in [0, 0.1) is 0 Å². The molecule has 3 aromatic rings. The van der Waals surface area contributed by atoms with Crippen molar-refractivity contribution < 1.29 is 0 Å². The highest BCUT2D eigenvalue weighted by molar-refractivity contribution is 7.99. The first-order valence-corrected chi connectivity index (χ1v) is 8.58. The molecule has 102 valence electrons. The lowest BCUT2D eigenvalue weighted by molar-refractivity contribution is 0.841. The summed E-state index contributed by atoms with van der Waals surface area (Å²) in [5, 5.41) is 4.16. The Morgan fingerprint density at radius 1 is 1.10 bits per heavy atom. The van der Waals surface area contributed by atoms with E-state index in [0.717, 1.165) is 10.8 Å². The Balaban J connectivity index is 1.74. The van der Waals surface area contributed by atoms with E-state index in [2.05, 4.69) is 29.6 Å². The molecular formula is C16H14ClNS2. The van der Waals surface area contributed by atoms with Crippen LogP contribution in [0.3, 0.4) is 0 Å². The largest absolute Gasteiger partial charge is 0.323 e. The Bertz CT molecular complexity index is 706. The van der Waals surface area contributed by atoms with E-state index >= 15 is 0 Å². The molecule has 20 heavy (non-hydrogen) atoms. The molecule has 2 aromatic carbocycles. The van der Waals surface area contributed by atoms with Gasteiger partial charge in [-0.05, 0) is 46.7 Å². The molecule has 0 amide bonds. The van der Waals surface area contributed by atoms with E-state index in [1.165, 1.54) is 20.5 Å². The van der Waals surface area contributed by atoms with Crippen molar-refractivity contribution in [1.29, 1.82) is 0 Å². The first kappa shape index (κ1) is 14.0. The molecule has 0 aliphatic heterocycles. The average Bonchev–Trinajstić information content (AvgIpc) is 2.94. The van der Waals surface area contributed by atoms with E-state index in [9.17, 15) is 0 Å². The van der Waals surface area contributed by atoms with Crippen molar-refractivity contribution in [2.45, 2.75) is 10.9 Å². The zero-order valence-electron chi connectivity index (χ0n) is 10.8. The SMILES string of the molecule is NC(CSc1ccc(Cl)cc1)c1cccc2ccsc12. The molecule has 1 unspecified atom stereocenters. The summed E-state index contributed by atoms with van der Waals surface area (Å²) < 4.78 is 1.30. The number of benzene rings is 2. The van der Waals surface area contributed by atoms with Crippen LogP contribution in [0.2, 0.25) is 5.02 Å². The van der Waals surface area contributed by atoms with E-state index in [0.29, 0.717) is 0 Å². The van der Waals surface area contributed by atoms with Crippen molar-refractivity contribution in [1.82, 2.24) is 0 Å². The smallest absolute Gasteiger partial charge is 0.0406 e. The van der Waals surface area contributed by atoms with Crippen molar-refractivity contribution in [3.05, 3.63) is 64.5 Å². The summed E-state index contributed by atoms with van der Waals surface area (Å²) in [5.41, 5.74) is 7.59. The Hall–Kier alpha value is -1.00. The van der Waals surface area contributed by atoms with Crippen LogP contribution in [0.1, 0.15) is 11.6 Å². The molecular weight excluding hydrogens is 306 g/mol. The molecule has 0 aliphatic rings. The van der Waals surface area contributed by atoms with Crippen LogP contribution in [0.5, 0.6) is 0 Å². The van der Waals surface area contributed by atoms with E-state index < -0.39 is 0 Å². The summed E-state index contributed by atoms with van der Waals surface area (Å²) in [6.45, 7) is 0. The van der Waals surface area contributed by atoms with E-state index in [1.807, 2.05) is 24.3 Å². The lowest BCUT2D eigenvalue weighted by atomic mass is 10.1. The van der Waals surface area contributed by atoms with Gasteiger partial charge >= 0.3 is 0 Å². The fourth-order valence-electron chi connectivity index (χ4n) is 2.11. The van der Waals surface area contributed by atoms with Crippen LogP contribution in [-0.2, 0) is 0 Å². The Labute approximate surface area is 131 Å². The van der Waals surface area contributed by atoms with Gasteiger partial charge in [-0.2, -0.15) is 0 Å². The molecule has 0 spiro atoms. The van der Waals surface area contributed by atoms with Gasteiger partial charge < -0.3 is 5.73 Å². The predicted molar refractivity (Wildman–Crippen MR) is 90.9 cm³/mol. The third-order valence-corrected chi connectivity index (χ3v) is 5.51. The molecule has 1 heterocycles. The first-order chi connectivity index (χ1) is 9.74. The average molecular weight is 320 g/mol. The van der Waals surface area contributed by atoms with Crippen LogP contribution in [0.4, 0.5) is 0 Å². The second kappa shape index (κ2) is 6.19. The minimum absolute atomic E-state index is 0.0398. The van der Waals surface area contributed by atoms with Gasteiger partial charge in [-0.1, -0.05) is 29.8 Å². The molecule has 1 nitrogen and oxygen atoms in total. The quantitative estimate of drug-likeness (QED) is 0.656. The number of fused-ring (bicyclic) bond motifs is 1. The molecule has 0 fully saturated rings. The van der Waals surface area contributed by atoms with Crippen molar-refractivity contribution >= 4 is 44.8 Å². The van der Waals surface area contributed by atoms with Crippen LogP contribution in [0.25, 0.3) is 10.1 Å². The highest BCUT2D eigenvalue weighted by atomic mass is 35.5. The lowest BCUT2D eigenvalue weighted by Gasteiger charge is -2.13. The minimum Gasteiger partial charge on any atom is -0.323 e. The van der Waals surface area contributed by atoms with Crippen LogP contribution >= 0.6 is 34.7 Å². The zero-order valence-corrected chi connectivity index (χ0v) is 13.1. The molecule has 3 rings (SSSR count). The Morgan fingerprint density at radius 3 is 2.70 bits per heavy atom. The molecule has 0 saturated carbocycles. The van der Waals surface area contributed by atoms with Gasteiger partial charge in [0.05, 0.1) is 0 Å².